The third-order valence-electron chi connectivity index (χ3n) is 2.76. The first-order valence-corrected chi connectivity index (χ1v) is 5.91. The quantitative estimate of drug-likeness (QED) is 0.784. The molecule has 1 aromatic rings. The molecule has 1 aromatic carbocycles. The van der Waals surface area contributed by atoms with Crippen molar-refractivity contribution in [1.29, 1.82) is 0 Å². The third-order valence-corrected chi connectivity index (χ3v) is 2.76. The van der Waals surface area contributed by atoms with Gasteiger partial charge in [-0.1, -0.05) is 5.92 Å². The van der Waals surface area contributed by atoms with Crippen LogP contribution in [0.5, 0.6) is 11.5 Å². The Morgan fingerprint density at radius 3 is 2.53 bits per heavy atom. The monoisotopic (exact) mass is 231 g/mol. The second-order valence-corrected chi connectivity index (χ2v) is 4.07. The molecule has 17 heavy (non-hydrogen) atoms. The molecule has 0 spiro atoms. The van der Waals surface area contributed by atoms with Gasteiger partial charge in [-0.25, -0.2) is 0 Å². The Morgan fingerprint density at radius 2 is 1.94 bits per heavy atom. The van der Waals surface area contributed by atoms with Crippen LogP contribution in [0.4, 0.5) is 0 Å². The van der Waals surface area contributed by atoms with Crippen molar-refractivity contribution in [2.24, 2.45) is 0 Å². The molecule has 1 aliphatic heterocycles. The lowest BCUT2D eigenvalue weighted by atomic mass is 10.2. The van der Waals surface area contributed by atoms with E-state index < -0.39 is 0 Å². The van der Waals surface area contributed by atoms with Crippen molar-refractivity contribution in [3.05, 3.63) is 24.3 Å². The molecule has 90 valence electrons. The first-order chi connectivity index (χ1) is 8.38. The lowest BCUT2D eigenvalue weighted by Crippen LogP contribution is -2.28. The summed E-state index contributed by atoms with van der Waals surface area (Å²) in [4.78, 5) is 0. The minimum atomic E-state index is 0.298. The zero-order valence-corrected chi connectivity index (χ0v) is 9.82. The van der Waals surface area contributed by atoms with Gasteiger partial charge in [-0.05, 0) is 43.7 Å². The fourth-order valence-corrected chi connectivity index (χ4v) is 1.85. The van der Waals surface area contributed by atoms with E-state index in [9.17, 15) is 0 Å². The molecule has 0 aliphatic carbocycles. The molecule has 0 radical (unpaired) electrons. The Labute approximate surface area is 102 Å². The van der Waals surface area contributed by atoms with E-state index in [1.807, 2.05) is 24.3 Å². The molecule has 1 aliphatic rings. The molecular weight excluding hydrogens is 214 g/mol. The van der Waals surface area contributed by atoms with Gasteiger partial charge in [0.05, 0.1) is 0 Å². The zero-order chi connectivity index (χ0) is 11.9. The Bertz CT molecular complexity index is 374. The van der Waals surface area contributed by atoms with Gasteiger partial charge < -0.3 is 14.8 Å². The SMILES string of the molecule is C#CCOc1ccc(OC[C@H]2CCCN2)cc1. The molecule has 3 heteroatoms. The largest absolute Gasteiger partial charge is 0.492 e. The number of rotatable bonds is 5. The van der Waals surface area contributed by atoms with E-state index in [1.165, 1.54) is 12.8 Å². The highest BCUT2D eigenvalue weighted by Crippen LogP contribution is 2.18. The number of benzene rings is 1. The van der Waals surface area contributed by atoms with Gasteiger partial charge >= 0.3 is 0 Å². The lowest BCUT2D eigenvalue weighted by Gasteiger charge is -2.12. The molecule has 0 saturated carbocycles. The van der Waals surface area contributed by atoms with Gasteiger partial charge in [0, 0.05) is 6.04 Å². The van der Waals surface area contributed by atoms with Crippen molar-refractivity contribution in [3.8, 4) is 23.8 Å². The van der Waals surface area contributed by atoms with Gasteiger partial charge in [0.1, 0.15) is 24.7 Å². The van der Waals surface area contributed by atoms with Crippen LogP contribution >= 0.6 is 0 Å². The van der Waals surface area contributed by atoms with Crippen LogP contribution in [0.3, 0.4) is 0 Å². The summed E-state index contributed by atoms with van der Waals surface area (Å²) < 4.78 is 11.0. The lowest BCUT2D eigenvalue weighted by molar-refractivity contribution is 0.276. The van der Waals surface area contributed by atoms with Crippen LogP contribution in [-0.2, 0) is 0 Å². The highest BCUT2D eigenvalue weighted by Gasteiger charge is 2.14. The van der Waals surface area contributed by atoms with Crippen molar-refractivity contribution in [3.63, 3.8) is 0 Å². The fraction of sp³-hybridized carbons (Fsp3) is 0.429. The normalized spacial score (nSPS) is 18.6. The molecule has 1 heterocycles. The summed E-state index contributed by atoms with van der Waals surface area (Å²) in [6.07, 6.45) is 7.56. The number of hydrogen-bond acceptors (Lipinski definition) is 3. The highest BCUT2D eigenvalue weighted by atomic mass is 16.5. The maximum atomic E-state index is 5.69. The molecule has 1 atom stereocenters. The second-order valence-electron chi connectivity index (χ2n) is 4.07. The third kappa shape index (κ3) is 3.69. The van der Waals surface area contributed by atoms with Crippen LogP contribution in [0, 0.1) is 12.3 Å². The minimum Gasteiger partial charge on any atom is -0.492 e. The molecule has 0 aromatic heterocycles. The van der Waals surface area contributed by atoms with Gasteiger partial charge in [0.2, 0.25) is 0 Å². The van der Waals surface area contributed by atoms with Crippen LogP contribution in [-0.4, -0.2) is 25.8 Å². The second kappa shape index (κ2) is 6.17. The van der Waals surface area contributed by atoms with Gasteiger partial charge in [-0.3, -0.25) is 0 Å². The van der Waals surface area contributed by atoms with Gasteiger partial charge in [0.15, 0.2) is 0 Å². The Balaban J connectivity index is 1.79. The maximum absolute atomic E-state index is 5.69. The number of hydrogen-bond donors (Lipinski definition) is 1. The van der Waals surface area contributed by atoms with Crippen LogP contribution in [0.15, 0.2) is 24.3 Å². The van der Waals surface area contributed by atoms with Crippen LogP contribution < -0.4 is 14.8 Å². The van der Waals surface area contributed by atoms with Crippen LogP contribution in [0.1, 0.15) is 12.8 Å². The Kier molecular flexibility index (Phi) is 4.29. The van der Waals surface area contributed by atoms with Crippen molar-refractivity contribution in [1.82, 2.24) is 5.32 Å². The van der Waals surface area contributed by atoms with E-state index in [1.54, 1.807) is 0 Å². The number of terminal acetylenes is 1. The van der Waals surface area contributed by atoms with Gasteiger partial charge in [0.25, 0.3) is 0 Å². The smallest absolute Gasteiger partial charge is 0.148 e. The van der Waals surface area contributed by atoms with Crippen molar-refractivity contribution in [2.45, 2.75) is 18.9 Å². The summed E-state index contributed by atoms with van der Waals surface area (Å²) in [6, 6.07) is 8.04. The Hall–Kier alpha value is -1.66. The Morgan fingerprint density at radius 1 is 1.24 bits per heavy atom. The minimum absolute atomic E-state index is 0.298. The summed E-state index contributed by atoms with van der Waals surface area (Å²) in [6.45, 7) is 2.13. The van der Waals surface area contributed by atoms with E-state index in [-0.39, 0.29) is 0 Å². The van der Waals surface area contributed by atoms with Gasteiger partial charge in [-0.15, -0.1) is 6.42 Å². The number of ether oxygens (including phenoxy) is 2. The predicted molar refractivity (Wildman–Crippen MR) is 67.3 cm³/mol. The highest BCUT2D eigenvalue weighted by molar-refractivity contribution is 5.31. The summed E-state index contributed by atoms with van der Waals surface area (Å²) in [5, 5.41) is 3.39. The summed E-state index contributed by atoms with van der Waals surface area (Å²) >= 11 is 0. The molecular formula is C14H17NO2. The summed E-state index contributed by atoms with van der Waals surface area (Å²) in [5.74, 6) is 4.07. The topological polar surface area (TPSA) is 30.5 Å². The van der Waals surface area contributed by atoms with E-state index in [0.29, 0.717) is 12.6 Å². The molecule has 0 amide bonds. The van der Waals surface area contributed by atoms with Crippen LogP contribution in [0.2, 0.25) is 0 Å². The first kappa shape index (κ1) is 11.8. The van der Waals surface area contributed by atoms with E-state index >= 15 is 0 Å². The molecule has 0 bridgehead atoms. The molecule has 1 N–H and O–H groups in total. The molecule has 1 fully saturated rings. The average Bonchev–Trinajstić information content (AvgIpc) is 2.88. The van der Waals surface area contributed by atoms with E-state index in [4.69, 9.17) is 15.9 Å². The summed E-state index contributed by atoms with van der Waals surface area (Å²) in [5.41, 5.74) is 0. The van der Waals surface area contributed by atoms with E-state index in [2.05, 4.69) is 11.2 Å². The maximum Gasteiger partial charge on any atom is 0.148 e. The molecule has 1 saturated heterocycles. The van der Waals surface area contributed by atoms with Crippen molar-refractivity contribution >= 4 is 0 Å². The van der Waals surface area contributed by atoms with Crippen LogP contribution in [0.25, 0.3) is 0 Å². The van der Waals surface area contributed by atoms with E-state index in [0.717, 1.165) is 24.7 Å². The molecule has 3 nitrogen and oxygen atoms in total. The summed E-state index contributed by atoms with van der Waals surface area (Å²) in [7, 11) is 0. The predicted octanol–water partition coefficient (Wildman–Crippen LogP) is 1.83. The average molecular weight is 231 g/mol. The van der Waals surface area contributed by atoms with Crippen molar-refractivity contribution < 1.29 is 9.47 Å². The zero-order valence-electron chi connectivity index (χ0n) is 9.82. The molecule has 2 rings (SSSR count). The standard InChI is InChI=1S/C14H17NO2/c1-2-10-16-13-5-7-14(8-6-13)17-11-12-4-3-9-15-12/h1,5-8,12,15H,3-4,9-11H2/t12-/m1/s1. The van der Waals surface area contributed by atoms with Crippen molar-refractivity contribution in [2.75, 3.05) is 19.8 Å². The first-order valence-electron chi connectivity index (χ1n) is 5.91. The van der Waals surface area contributed by atoms with Gasteiger partial charge in [-0.2, -0.15) is 0 Å². The fourth-order valence-electron chi connectivity index (χ4n) is 1.85. The molecule has 0 unspecified atom stereocenters. The number of nitrogens with one attached hydrogen (secondary N) is 1.